The van der Waals surface area contributed by atoms with Crippen molar-refractivity contribution >= 4 is 5.97 Å². The summed E-state index contributed by atoms with van der Waals surface area (Å²) >= 11 is 0. The van der Waals surface area contributed by atoms with E-state index in [0.29, 0.717) is 16.9 Å². The van der Waals surface area contributed by atoms with Crippen LogP contribution in [0.5, 0.6) is 5.75 Å². The summed E-state index contributed by atoms with van der Waals surface area (Å²) in [6.07, 6.45) is -0.0104. The number of methoxy groups -OCH3 is 1. The molecule has 0 saturated heterocycles. The van der Waals surface area contributed by atoms with Crippen LogP contribution < -0.4 is 4.74 Å². The molecule has 0 aromatic heterocycles. The van der Waals surface area contributed by atoms with E-state index in [1.165, 1.54) is 13.2 Å². The van der Waals surface area contributed by atoms with Crippen LogP contribution in [0.3, 0.4) is 0 Å². The van der Waals surface area contributed by atoms with E-state index >= 15 is 0 Å². The van der Waals surface area contributed by atoms with Gasteiger partial charge < -0.3 is 9.84 Å². The first-order valence-electron chi connectivity index (χ1n) is 6.77. The van der Waals surface area contributed by atoms with Crippen molar-refractivity contribution in [1.29, 1.82) is 0 Å². The summed E-state index contributed by atoms with van der Waals surface area (Å²) in [7, 11) is 1.49. The molecule has 0 aliphatic heterocycles. The van der Waals surface area contributed by atoms with Gasteiger partial charge in [0.15, 0.2) is 11.6 Å². The Morgan fingerprint density at radius 1 is 1.18 bits per heavy atom. The number of ether oxygens (including phenoxy) is 1. The number of benzene rings is 2. The van der Waals surface area contributed by atoms with Crippen LogP contribution in [0, 0.1) is 11.6 Å². The minimum atomic E-state index is -0.941. The van der Waals surface area contributed by atoms with E-state index in [-0.39, 0.29) is 12.3 Å². The molecule has 0 amide bonds. The van der Waals surface area contributed by atoms with Crippen molar-refractivity contribution in [2.75, 3.05) is 7.11 Å². The van der Waals surface area contributed by atoms with Crippen LogP contribution in [-0.2, 0) is 4.79 Å². The van der Waals surface area contributed by atoms with Gasteiger partial charge in [0.2, 0.25) is 0 Å². The zero-order valence-corrected chi connectivity index (χ0v) is 12.3. The molecule has 0 saturated carbocycles. The highest BCUT2D eigenvalue weighted by molar-refractivity contribution is 5.72. The Kier molecular flexibility index (Phi) is 4.75. The topological polar surface area (TPSA) is 46.5 Å². The molecule has 5 heteroatoms. The van der Waals surface area contributed by atoms with Crippen molar-refractivity contribution in [2.45, 2.75) is 19.3 Å². The van der Waals surface area contributed by atoms with E-state index < -0.39 is 17.6 Å². The Hall–Kier alpha value is -2.43. The molecule has 0 aliphatic carbocycles. The summed E-state index contributed by atoms with van der Waals surface area (Å²) in [5.74, 6) is -2.44. The Balaban J connectivity index is 2.48. The van der Waals surface area contributed by atoms with Crippen molar-refractivity contribution in [3.63, 3.8) is 0 Å². The maximum Gasteiger partial charge on any atom is 0.303 e. The molecule has 0 radical (unpaired) electrons. The average molecular weight is 306 g/mol. The molecule has 1 unspecified atom stereocenters. The Labute approximate surface area is 127 Å². The highest BCUT2D eigenvalue weighted by Crippen LogP contribution is 2.34. The lowest BCUT2D eigenvalue weighted by molar-refractivity contribution is -0.137. The smallest absolute Gasteiger partial charge is 0.303 e. The van der Waals surface area contributed by atoms with E-state index in [1.807, 2.05) is 0 Å². The Morgan fingerprint density at radius 3 is 2.50 bits per heavy atom. The van der Waals surface area contributed by atoms with Gasteiger partial charge in [0.25, 0.3) is 0 Å². The first-order valence-corrected chi connectivity index (χ1v) is 6.77. The monoisotopic (exact) mass is 306 g/mol. The number of hydrogen-bond acceptors (Lipinski definition) is 2. The van der Waals surface area contributed by atoms with E-state index in [9.17, 15) is 13.6 Å². The van der Waals surface area contributed by atoms with E-state index in [0.717, 1.165) is 17.7 Å². The second kappa shape index (κ2) is 6.56. The molecule has 0 fully saturated rings. The number of carboxylic acids is 1. The van der Waals surface area contributed by atoms with Crippen molar-refractivity contribution < 1.29 is 23.4 Å². The Morgan fingerprint density at radius 2 is 1.91 bits per heavy atom. The quantitative estimate of drug-likeness (QED) is 0.899. The summed E-state index contributed by atoms with van der Waals surface area (Å²) in [6, 6.07) is 8.83. The molecule has 0 bridgehead atoms. The lowest BCUT2D eigenvalue weighted by Gasteiger charge is -2.14. The first-order chi connectivity index (χ1) is 10.4. The van der Waals surface area contributed by atoms with Crippen LogP contribution in [0.4, 0.5) is 8.78 Å². The molecule has 0 heterocycles. The molecule has 2 rings (SSSR count). The van der Waals surface area contributed by atoms with Crippen molar-refractivity contribution in [3.8, 4) is 16.9 Å². The molecular weight excluding hydrogens is 290 g/mol. The summed E-state index contributed by atoms with van der Waals surface area (Å²) in [5, 5.41) is 8.88. The molecule has 22 heavy (non-hydrogen) atoms. The minimum Gasteiger partial charge on any atom is -0.496 e. The third kappa shape index (κ3) is 3.42. The largest absolute Gasteiger partial charge is 0.496 e. The van der Waals surface area contributed by atoms with Crippen LogP contribution in [-0.4, -0.2) is 18.2 Å². The van der Waals surface area contributed by atoms with E-state index in [1.54, 1.807) is 25.1 Å². The number of aliphatic carboxylic acids is 1. The molecule has 1 N–H and O–H groups in total. The molecule has 0 spiro atoms. The maximum absolute atomic E-state index is 13.4. The van der Waals surface area contributed by atoms with Gasteiger partial charge >= 0.3 is 5.97 Å². The van der Waals surface area contributed by atoms with Crippen molar-refractivity contribution in [1.82, 2.24) is 0 Å². The van der Waals surface area contributed by atoms with Gasteiger partial charge in [-0.2, -0.15) is 0 Å². The predicted octanol–water partition coefficient (Wildman–Crippen LogP) is 4.22. The van der Waals surface area contributed by atoms with Gasteiger partial charge in [-0.1, -0.05) is 19.1 Å². The van der Waals surface area contributed by atoms with Crippen LogP contribution in [0.1, 0.15) is 24.8 Å². The summed E-state index contributed by atoms with van der Waals surface area (Å²) < 4.78 is 31.8. The second-order valence-electron chi connectivity index (χ2n) is 5.09. The van der Waals surface area contributed by atoms with Gasteiger partial charge in [0.1, 0.15) is 5.75 Å². The van der Waals surface area contributed by atoms with Gasteiger partial charge in [-0.15, -0.1) is 0 Å². The zero-order valence-electron chi connectivity index (χ0n) is 12.3. The Bertz CT molecular complexity index is 698. The number of carbonyl (C=O) groups is 1. The molecule has 2 aromatic rings. The molecule has 0 aliphatic rings. The highest BCUT2D eigenvalue weighted by Gasteiger charge is 2.15. The van der Waals surface area contributed by atoms with Crippen molar-refractivity contribution in [3.05, 3.63) is 53.6 Å². The molecule has 1 atom stereocenters. The van der Waals surface area contributed by atoms with Crippen LogP contribution in [0.2, 0.25) is 0 Å². The molecule has 3 nitrogen and oxygen atoms in total. The summed E-state index contributed by atoms with van der Waals surface area (Å²) in [4.78, 5) is 10.8. The highest BCUT2D eigenvalue weighted by atomic mass is 19.2. The van der Waals surface area contributed by atoms with E-state index in [4.69, 9.17) is 9.84 Å². The molecular formula is C17H16F2O3. The fourth-order valence-corrected chi connectivity index (χ4v) is 2.30. The van der Waals surface area contributed by atoms with E-state index in [2.05, 4.69) is 0 Å². The van der Waals surface area contributed by atoms with Crippen LogP contribution >= 0.6 is 0 Å². The summed E-state index contributed by atoms with van der Waals surface area (Å²) in [5.41, 5.74) is 1.86. The molecule has 2 aromatic carbocycles. The number of rotatable bonds is 5. The number of carboxylic acid groups (broad SMARTS) is 1. The minimum absolute atomic E-state index is 0.0104. The van der Waals surface area contributed by atoms with Gasteiger partial charge in [0.05, 0.1) is 13.5 Å². The molecule has 116 valence electrons. The zero-order chi connectivity index (χ0) is 16.3. The number of halogens is 2. The number of hydrogen-bond donors (Lipinski definition) is 1. The van der Waals surface area contributed by atoms with Gasteiger partial charge in [-0.25, -0.2) is 8.78 Å². The van der Waals surface area contributed by atoms with Gasteiger partial charge in [-0.05, 0) is 41.3 Å². The standard InChI is InChI=1S/C17H16F2O3/c1-10(7-17(20)21)11-4-6-16(22-2)13(8-11)12-3-5-14(18)15(19)9-12/h3-6,8-10H,7H2,1-2H3,(H,20,21). The second-order valence-corrected chi connectivity index (χ2v) is 5.09. The van der Waals surface area contributed by atoms with Gasteiger partial charge in [0, 0.05) is 5.56 Å². The lowest BCUT2D eigenvalue weighted by Crippen LogP contribution is -2.03. The normalized spacial score (nSPS) is 12.0. The van der Waals surface area contributed by atoms with Crippen molar-refractivity contribution in [2.24, 2.45) is 0 Å². The lowest BCUT2D eigenvalue weighted by atomic mass is 9.93. The average Bonchev–Trinajstić information content (AvgIpc) is 2.48. The third-order valence-corrected chi connectivity index (χ3v) is 3.50. The fraction of sp³-hybridized carbons (Fsp3) is 0.235. The summed E-state index contributed by atoms with van der Waals surface area (Å²) in [6.45, 7) is 1.80. The van der Waals surface area contributed by atoms with Crippen LogP contribution in [0.25, 0.3) is 11.1 Å². The maximum atomic E-state index is 13.4. The van der Waals surface area contributed by atoms with Gasteiger partial charge in [-0.3, -0.25) is 4.79 Å². The SMILES string of the molecule is COc1ccc(C(C)CC(=O)O)cc1-c1ccc(F)c(F)c1. The predicted molar refractivity (Wildman–Crippen MR) is 79.0 cm³/mol. The fourth-order valence-electron chi connectivity index (χ4n) is 2.30. The first kappa shape index (κ1) is 15.9. The third-order valence-electron chi connectivity index (χ3n) is 3.50. The van der Waals surface area contributed by atoms with Crippen LogP contribution in [0.15, 0.2) is 36.4 Å².